The van der Waals surface area contributed by atoms with Gasteiger partial charge in [0.25, 0.3) is 6.43 Å². The fourth-order valence-corrected chi connectivity index (χ4v) is 1.83. The fourth-order valence-electron chi connectivity index (χ4n) is 1.83. The second-order valence-corrected chi connectivity index (χ2v) is 4.08. The summed E-state index contributed by atoms with van der Waals surface area (Å²) in [4.78, 5) is 9.79. The molecule has 0 spiro atoms. The summed E-state index contributed by atoms with van der Waals surface area (Å²) in [5.41, 5.74) is 0.907. The molecule has 0 aliphatic heterocycles. The molecule has 1 rings (SSSR count). The van der Waals surface area contributed by atoms with E-state index in [0.717, 1.165) is 30.8 Å². The first-order valence-corrected chi connectivity index (χ1v) is 6.17. The zero-order chi connectivity index (χ0) is 13.5. The van der Waals surface area contributed by atoms with Crippen LogP contribution < -0.4 is 10.2 Å². The summed E-state index contributed by atoms with van der Waals surface area (Å²) >= 11 is 0. The topological polar surface area (TPSA) is 41.1 Å². The van der Waals surface area contributed by atoms with Gasteiger partial charge in [-0.3, -0.25) is 0 Å². The number of rotatable bonds is 7. The van der Waals surface area contributed by atoms with Gasteiger partial charge in [-0.15, -0.1) is 0 Å². The molecule has 0 aromatic carbocycles. The first-order valence-electron chi connectivity index (χ1n) is 6.17. The fraction of sp³-hybridized carbons (Fsp3) is 0.667. The van der Waals surface area contributed by atoms with Crippen LogP contribution in [0.3, 0.4) is 0 Å². The third kappa shape index (κ3) is 3.78. The van der Waals surface area contributed by atoms with Crippen LogP contribution in [0.5, 0.6) is 0 Å². The average Bonchev–Trinajstić information content (AvgIpc) is 2.31. The molecule has 1 heterocycles. The summed E-state index contributed by atoms with van der Waals surface area (Å²) in [7, 11) is 1.63. The molecule has 0 saturated heterocycles. The minimum atomic E-state index is -2.37. The van der Waals surface area contributed by atoms with Gasteiger partial charge in [-0.1, -0.05) is 13.3 Å². The Morgan fingerprint density at radius 1 is 1.33 bits per heavy atom. The van der Waals surface area contributed by atoms with Crippen molar-refractivity contribution in [2.24, 2.45) is 0 Å². The molecule has 1 N–H and O–H groups in total. The molecule has 18 heavy (non-hydrogen) atoms. The molecular formula is C12H20F2N4. The number of hydrogen-bond donors (Lipinski definition) is 1. The van der Waals surface area contributed by atoms with Crippen LogP contribution in [0.1, 0.15) is 25.8 Å². The minimum Gasteiger partial charge on any atom is -0.370 e. The quantitative estimate of drug-likeness (QED) is 0.816. The smallest absolute Gasteiger partial charge is 0.255 e. The maximum atomic E-state index is 12.4. The van der Waals surface area contributed by atoms with E-state index >= 15 is 0 Å². The molecule has 0 aliphatic carbocycles. The van der Waals surface area contributed by atoms with Gasteiger partial charge in [-0.05, 0) is 13.3 Å². The van der Waals surface area contributed by atoms with Crippen molar-refractivity contribution in [1.82, 2.24) is 9.97 Å². The first-order chi connectivity index (χ1) is 8.60. The first kappa shape index (κ1) is 14.6. The van der Waals surface area contributed by atoms with Gasteiger partial charge >= 0.3 is 0 Å². The Kier molecular flexibility index (Phi) is 5.74. The van der Waals surface area contributed by atoms with Gasteiger partial charge < -0.3 is 10.2 Å². The summed E-state index contributed by atoms with van der Waals surface area (Å²) in [6, 6.07) is 0. The summed E-state index contributed by atoms with van der Waals surface area (Å²) in [5, 5.41) is 3.14. The van der Waals surface area contributed by atoms with Crippen molar-refractivity contribution in [2.75, 3.05) is 30.4 Å². The van der Waals surface area contributed by atoms with E-state index < -0.39 is 6.43 Å². The summed E-state index contributed by atoms with van der Waals surface area (Å²) in [6.07, 6.45) is 0.726. The van der Waals surface area contributed by atoms with Crippen molar-refractivity contribution in [2.45, 2.75) is 33.1 Å². The normalized spacial score (nSPS) is 10.8. The highest BCUT2D eigenvalue weighted by Gasteiger charge is 2.16. The number of anilines is 2. The molecule has 0 atom stereocenters. The Morgan fingerprint density at radius 3 is 2.61 bits per heavy atom. The molecule has 0 radical (unpaired) electrons. The van der Waals surface area contributed by atoms with E-state index in [9.17, 15) is 8.78 Å². The van der Waals surface area contributed by atoms with Crippen LogP contribution in [0, 0.1) is 0 Å². The van der Waals surface area contributed by atoms with E-state index in [1.54, 1.807) is 7.05 Å². The van der Waals surface area contributed by atoms with Crippen molar-refractivity contribution in [3.63, 3.8) is 0 Å². The molecule has 1 aromatic heterocycles. The van der Waals surface area contributed by atoms with E-state index in [1.807, 2.05) is 13.8 Å². The lowest BCUT2D eigenvalue weighted by Gasteiger charge is -2.22. The standard InChI is InChI=1S/C12H20F2N4/c1-4-6-9-11(15-5-2)16-8-17-12(9)18(3)7-10(13)14/h8,10H,4-7H2,1-3H3,(H,15,16,17). The van der Waals surface area contributed by atoms with Crippen LogP contribution >= 0.6 is 0 Å². The second kappa shape index (κ2) is 7.08. The maximum Gasteiger partial charge on any atom is 0.255 e. The Labute approximate surface area is 106 Å². The number of aromatic nitrogens is 2. The van der Waals surface area contributed by atoms with Crippen molar-refractivity contribution < 1.29 is 8.78 Å². The van der Waals surface area contributed by atoms with Crippen LogP contribution in [0.4, 0.5) is 20.4 Å². The molecule has 1 aromatic rings. The van der Waals surface area contributed by atoms with Gasteiger partial charge in [0.1, 0.15) is 18.0 Å². The van der Waals surface area contributed by atoms with Crippen molar-refractivity contribution in [1.29, 1.82) is 0 Å². The highest BCUT2D eigenvalue weighted by molar-refractivity contribution is 5.58. The van der Waals surface area contributed by atoms with Crippen LogP contribution in [0.25, 0.3) is 0 Å². The molecule has 0 aliphatic rings. The molecular weight excluding hydrogens is 238 g/mol. The molecule has 0 amide bonds. The van der Waals surface area contributed by atoms with Gasteiger partial charge in [-0.25, -0.2) is 18.7 Å². The summed E-state index contributed by atoms with van der Waals surface area (Å²) < 4.78 is 24.9. The lowest BCUT2D eigenvalue weighted by Crippen LogP contribution is -2.26. The van der Waals surface area contributed by atoms with Gasteiger partial charge in [0.2, 0.25) is 0 Å². The Hall–Kier alpha value is -1.46. The van der Waals surface area contributed by atoms with Crippen molar-refractivity contribution in [3.8, 4) is 0 Å². The number of nitrogens with zero attached hydrogens (tertiary/aromatic N) is 3. The number of alkyl halides is 2. The predicted molar refractivity (Wildman–Crippen MR) is 69.5 cm³/mol. The number of halogens is 2. The molecule has 0 bridgehead atoms. The van der Waals surface area contributed by atoms with E-state index in [2.05, 4.69) is 15.3 Å². The lowest BCUT2D eigenvalue weighted by atomic mass is 10.1. The number of nitrogens with one attached hydrogen (secondary N) is 1. The summed E-state index contributed by atoms with van der Waals surface area (Å²) in [6.45, 7) is 4.44. The third-order valence-corrected chi connectivity index (χ3v) is 2.54. The largest absolute Gasteiger partial charge is 0.370 e. The van der Waals surface area contributed by atoms with Gasteiger partial charge in [0.15, 0.2) is 0 Å². The van der Waals surface area contributed by atoms with Crippen molar-refractivity contribution >= 4 is 11.6 Å². The molecule has 6 heteroatoms. The van der Waals surface area contributed by atoms with E-state index in [-0.39, 0.29) is 6.54 Å². The van der Waals surface area contributed by atoms with Crippen molar-refractivity contribution in [3.05, 3.63) is 11.9 Å². The maximum absolute atomic E-state index is 12.4. The van der Waals surface area contributed by atoms with Crippen LogP contribution in [-0.2, 0) is 6.42 Å². The highest BCUT2D eigenvalue weighted by atomic mass is 19.3. The van der Waals surface area contributed by atoms with Crippen LogP contribution in [0.2, 0.25) is 0 Å². The molecule has 0 saturated carbocycles. The predicted octanol–water partition coefficient (Wildman–Crippen LogP) is 2.56. The molecule has 102 valence electrons. The van der Waals surface area contributed by atoms with E-state index in [0.29, 0.717) is 5.82 Å². The zero-order valence-corrected chi connectivity index (χ0v) is 11.1. The van der Waals surface area contributed by atoms with Gasteiger partial charge in [0.05, 0.1) is 6.54 Å². The third-order valence-electron chi connectivity index (χ3n) is 2.54. The molecule has 0 fully saturated rings. The average molecular weight is 258 g/mol. The van der Waals surface area contributed by atoms with Crippen LogP contribution in [0.15, 0.2) is 6.33 Å². The van der Waals surface area contributed by atoms with E-state index in [1.165, 1.54) is 11.2 Å². The SMILES string of the molecule is CCCc1c(NCC)ncnc1N(C)CC(F)F. The molecule has 0 unspecified atom stereocenters. The lowest BCUT2D eigenvalue weighted by molar-refractivity contribution is 0.156. The van der Waals surface area contributed by atoms with Crippen LogP contribution in [-0.4, -0.2) is 36.5 Å². The van der Waals surface area contributed by atoms with E-state index in [4.69, 9.17) is 0 Å². The van der Waals surface area contributed by atoms with Gasteiger partial charge in [0, 0.05) is 19.2 Å². The molecule has 4 nitrogen and oxygen atoms in total. The van der Waals surface area contributed by atoms with Gasteiger partial charge in [-0.2, -0.15) is 0 Å². The summed E-state index contributed by atoms with van der Waals surface area (Å²) in [5.74, 6) is 1.33. The Morgan fingerprint density at radius 2 is 2.06 bits per heavy atom. The Bertz CT molecular complexity index is 371. The highest BCUT2D eigenvalue weighted by Crippen LogP contribution is 2.24. The Balaban J connectivity index is 3.04. The number of hydrogen-bond acceptors (Lipinski definition) is 4. The second-order valence-electron chi connectivity index (χ2n) is 4.08. The minimum absolute atomic E-state index is 0.320. The monoisotopic (exact) mass is 258 g/mol. The zero-order valence-electron chi connectivity index (χ0n) is 11.1.